The van der Waals surface area contributed by atoms with Crippen LogP contribution in [0.15, 0.2) is 21.6 Å². The fourth-order valence-corrected chi connectivity index (χ4v) is 4.54. The van der Waals surface area contributed by atoms with Gasteiger partial charge in [0.15, 0.2) is 27.0 Å². The maximum Gasteiger partial charge on any atom is 0.435 e. The van der Waals surface area contributed by atoms with E-state index in [9.17, 15) is 30.8 Å². The first-order valence-corrected chi connectivity index (χ1v) is 11.9. The van der Waals surface area contributed by atoms with E-state index in [-0.39, 0.29) is 50.0 Å². The highest BCUT2D eigenvalue weighted by atomic mass is 79.9. The van der Waals surface area contributed by atoms with Gasteiger partial charge in [-0.15, -0.1) is 10.2 Å². The van der Waals surface area contributed by atoms with Crippen molar-refractivity contribution in [3.05, 3.63) is 22.4 Å². The average Bonchev–Trinajstić information content (AvgIpc) is 3.39. The number of hydrogen-bond acceptors (Lipinski definition) is 7. The van der Waals surface area contributed by atoms with Gasteiger partial charge in [0.2, 0.25) is 5.91 Å². The molecular formula is C18H15BrF4N6O3S. The van der Waals surface area contributed by atoms with Crippen molar-refractivity contribution in [2.75, 3.05) is 11.1 Å². The lowest BCUT2D eigenvalue weighted by molar-refractivity contribution is -0.141. The SMILES string of the molecule is CCS(=O)(=O)c1cc(NC(=O)[C@H]2C[C@H]2F)c(Br)nc1-c1nc2cc(C(F)(F)F)nnc2n1C. The van der Waals surface area contributed by atoms with Crippen LogP contribution in [-0.4, -0.2) is 51.0 Å². The van der Waals surface area contributed by atoms with Crippen LogP contribution in [0.2, 0.25) is 0 Å². The van der Waals surface area contributed by atoms with Gasteiger partial charge in [-0.3, -0.25) is 4.79 Å². The largest absolute Gasteiger partial charge is 0.435 e. The number of pyridine rings is 1. The zero-order valence-corrected chi connectivity index (χ0v) is 19.4. The fourth-order valence-electron chi connectivity index (χ4n) is 3.11. The number of aryl methyl sites for hydroxylation is 1. The molecule has 176 valence electrons. The Kier molecular flexibility index (Phi) is 5.67. The molecule has 3 aromatic heterocycles. The van der Waals surface area contributed by atoms with E-state index >= 15 is 0 Å². The highest BCUT2D eigenvalue weighted by Crippen LogP contribution is 2.38. The molecule has 1 aliphatic carbocycles. The number of nitrogens with zero attached hydrogens (tertiary/aromatic N) is 5. The summed E-state index contributed by atoms with van der Waals surface area (Å²) in [6, 6.07) is 1.86. The van der Waals surface area contributed by atoms with E-state index < -0.39 is 39.7 Å². The van der Waals surface area contributed by atoms with Crippen molar-refractivity contribution in [3.63, 3.8) is 0 Å². The molecule has 1 saturated carbocycles. The minimum absolute atomic E-state index is 0.00721. The van der Waals surface area contributed by atoms with Crippen LogP contribution < -0.4 is 5.32 Å². The summed E-state index contributed by atoms with van der Waals surface area (Å²) in [6.45, 7) is 1.40. The Labute approximate surface area is 192 Å². The van der Waals surface area contributed by atoms with Gasteiger partial charge in [-0.1, -0.05) is 6.92 Å². The predicted octanol–water partition coefficient (Wildman–Crippen LogP) is 3.30. The number of nitrogens with one attached hydrogen (secondary N) is 1. The second-order valence-electron chi connectivity index (χ2n) is 7.35. The molecule has 1 amide bonds. The molecule has 0 aliphatic heterocycles. The average molecular weight is 551 g/mol. The fraction of sp³-hybridized carbons (Fsp3) is 0.389. The summed E-state index contributed by atoms with van der Waals surface area (Å²) in [6.07, 6.45) is -5.91. The summed E-state index contributed by atoms with van der Waals surface area (Å²) in [5.74, 6) is -1.83. The molecule has 0 spiro atoms. The molecule has 0 unspecified atom stereocenters. The van der Waals surface area contributed by atoms with Crippen LogP contribution in [0.5, 0.6) is 0 Å². The van der Waals surface area contributed by atoms with Crippen molar-refractivity contribution in [2.45, 2.75) is 30.6 Å². The second-order valence-corrected chi connectivity index (χ2v) is 10.4. The molecule has 1 N–H and O–H groups in total. The Morgan fingerprint density at radius 2 is 1.94 bits per heavy atom. The van der Waals surface area contributed by atoms with Crippen LogP contribution >= 0.6 is 15.9 Å². The summed E-state index contributed by atoms with van der Waals surface area (Å²) < 4.78 is 79.2. The molecule has 1 fully saturated rings. The van der Waals surface area contributed by atoms with Gasteiger partial charge in [0, 0.05) is 13.1 Å². The van der Waals surface area contributed by atoms with E-state index in [0.717, 1.165) is 6.07 Å². The van der Waals surface area contributed by atoms with Gasteiger partial charge in [-0.05, 0) is 28.4 Å². The zero-order valence-electron chi connectivity index (χ0n) is 17.0. The Morgan fingerprint density at radius 3 is 2.52 bits per heavy atom. The first-order valence-electron chi connectivity index (χ1n) is 9.49. The highest BCUT2D eigenvalue weighted by molar-refractivity contribution is 9.10. The molecule has 0 bridgehead atoms. The van der Waals surface area contributed by atoms with E-state index in [1.165, 1.54) is 18.5 Å². The standard InChI is InChI=1S/C18H15BrF4N6O3S/c1-3-33(31,32)11-5-9(25-17(30)7-4-8(7)20)14(19)26-13(11)16-24-10-6-12(18(21,22)23)27-28-15(10)29(16)2/h5-8H,3-4H2,1-2H3,(H,25,30)/t7-,8+/m0/s1. The Morgan fingerprint density at radius 1 is 1.27 bits per heavy atom. The molecule has 2 atom stereocenters. The van der Waals surface area contributed by atoms with Gasteiger partial charge in [-0.25, -0.2) is 22.8 Å². The molecule has 1 aliphatic rings. The first-order chi connectivity index (χ1) is 15.3. The van der Waals surface area contributed by atoms with Crippen molar-refractivity contribution >= 4 is 48.5 Å². The molecule has 0 saturated heterocycles. The monoisotopic (exact) mass is 550 g/mol. The number of amides is 1. The van der Waals surface area contributed by atoms with E-state index in [1.807, 2.05) is 0 Å². The number of alkyl halides is 4. The van der Waals surface area contributed by atoms with E-state index in [0.29, 0.717) is 6.07 Å². The third-order valence-electron chi connectivity index (χ3n) is 5.08. The molecule has 4 rings (SSSR count). The van der Waals surface area contributed by atoms with Crippen LogP contribution in [0.25, 0.3) is 22.7 Å². The van der Waals surface area contributed by atoms with Crippen LogP contribution in [0.3, 0.4) is 0 Å². The van der Waals surface area contributed by atoms with Gasteiger partial charge in [0.25, 0.3) is 0 Å². The van der Waals surface area contributed by atoms with Gasteiger partial charge in [0.1, 0.15) is 22.0 Å². The molecule has 3 heterocycles. The van der Waals surface area contributed by atoms with Gasteiger partial charge in [0.05, 0.1) is 22.3 Å². The minimum atomic E-state index is -4.74. The molecule has 15 heteroatoms. The number of imidazole rings is 1. The number of sulfone groups is 1. The predicted molar refractivity (Wildman–Crippen MR) is 112 cm³/mol. The van der Waals surface area contributed by atoms with Crippen LogP contribution in [0, 0.1) is 5.92 Å². The topological polar surface area (TPSA) is 120 Å². The minimum Gasteiger partial charge on any atom is -0.323 e. The molecule has 9 nitrogen and oxygen atoms in total. The van der Waals surface area contributed by atoms with Crippen LogP contribution in [0.4, 0.5) is 23.2 Å². The van der Waals surface area contributed by atoms with Crippen molar-refractivity contribution in [2.24, 2.45) is 13.0 Å². The zero-order chi connectivity index (χ0) is 24.3. The summed E-state index contributed by atoms with van der Waals surface area (Å²) in [5, 5.41) is 9.19. The second kappa shape index (κ2) is 7.97. The van der Waals surface area contributed by atoms with Crippen molar-refractivity contribution in [1.29, 1.82) is 0 Å². The van der Waals surface area contributed by atoms with Gasteiger partial charge in [-0.2, -0.15) is 13.2 Å². The molecule has 33 heavy (non-hydrogen) atoms. The lowest BCUT2D eigenvalue weighted by atomic mass is 10.3. The number of aromatic nitrogens is 5. The van der Waals surface area contributed by atoms with Crippen molar-refractivity contribution < 1.29 is 30.8 Å². The van der Waals surface area contributed by atoms with Gasteiger partial charge >= 0.3 is 6.18 Å². The Hall–Kier alpha value is -2.68. The van der Waals surface area contributed by atoms with E-state index in [2.05, 4.69) is 41.4 Å². The number of rotatable bonds is 5. The number of fused-ring (bicyclic) bond motifs is 1. The van der Waals surface area contributed by atoms with E-state index in [1.54, 1.807) is 0 Å². The lowest BCUT2D eigenvalue weighted by Crippen LogP contribution is -2.17. The van der Waals surface area contributed by atoms with Crippen molar-refractivity contribution in [1.82, 2.24) is 24.7 Å². The molecular weight excluding hydrogens is 536 g/mol. The number of carbonyl (C=O) groups is 1. The van der Waals surface area contributed by atoms with Crippen LogP contribution in [0.1, 0.15) is 19.0 Å². The normalized spacial score (nSPS) is 18.5. The summed E-state index contributed by atoms with van der Waals surface area (Å²) in [7, 11) is -2.51. The van der Waals surface area contributed by atoms with E-state index in [4.69, 9.17) is 0 Å². The molecule has 0 radical (unpaired) electrons. The first kappa shape index (κ1) is 23.5. The molecule has 3 aromatic rings. The van der Waals surface area contributed by atoms with Crippen molar-refractivity contribution in [3.8, 4) is 11.5 Å². The highest BCUT2D eigenvalue weighted by Gasteiger charge is 2.44. The smallest absolute Gasteiger partial charge is 0.323 e. The quantitative estimate of drug-likeness (QED) is 0.382. The summed E-state index contributed by atoms with van der Waals surface area (Å²) >= 11 is 3.16. The number of hydrogen-bond donors (Lipinski definition) is 1. The van der Waals surface area contributed by atoms with Gasteiger partial charge < -0.3 is 9.88 Å². The third kappa shape index (κ3) is 4.30. The van der Waals surface area contributed by atoms with Crippen LogP contribution in [-0.2, 0) is 27.9 Å². The molecule has 0 aromatic carbocycles. The summed E-state index contributed by atoms with van der Waals surface area (Å²) in [4.78, 5) is 20.2. The lowest BCUT2D eigenvalue weighted by Gasteiger charge is -2.13. The third-order valence-corrected chi connectivity index (χ3v) is 7.43. The Balaban J connectivity index is 1.87. The number of halogens is 5. The summed E-state index contributed by atoms with van der Waals surface area (Å²) in [5.41, 5.74) is -1.58. The Bertz CT molecular complexity index is 1390. The maximum atomic E-state index is 13.2. The number of carbonyl (C=O) groups excluding carboxylic acids is 1. The maximum absolute atomic E-state index is 13.2. The number of anilines is 1.